The fraction of sp³-hybridized carbons (Fsp3) is 0.290. The lowest BCUT2D eigenvalue weighted by molar-refractivity contribution is -0.118. The van der Waals surface area contributed by atoms with Crippen molar-refractivity contribution in [1.82, 2.24) is 4.90 Å². The summed E-state index contributed by atoms with van der Waals surface area (Å²) >= 11 is 0. The number of fused-ring (bicyclic) bond motifs is 1. The van der Waals surface area contributed by atoms with Crippen LogP contribution in [0.3, 0.4) is 0 Å². The molecule has 3 aromatic rings. The third kappa shape index (κ3) is 5.58. The van der Waals surface area contributed by atoms with Crippen molar-refractivity contribution in [3.05, 3.63) is 94.5 Å². The Balaban J connectivity index is 1.73. The maximum absolute atomic E-state index is 13.1. The van der Waals surface area contributed by atoms with E-state index in [1.54, 1.807) is 6.92 Å². The first-order chi connectivity index (χ1) is 17.2. The summed E-state index contributed by atoms with van der Waals surface area (Å²) in [7, 11) is 3.96. The number of nitrogens with zero attached hydrogens (tertiary/aromatic N) is 2. The van der Waals surface area contributed by atoms with E-state index in [4.69, 9.17) is 0 Å². The molecule has 1 heterocycles. The lowest BCUT2D eigenvalue weighted by Gasteiger charge is -2.20. The molecule has 186 valence electrons. The molecule has 1 N–H and O–H groups in total. The topological polar surface area (TPSA) is 52.7 Å². The lowest BCUT2D eigenvalue weighted by Crippen LogP contribution is -2.31. The van der Waals surface area contributed by atoms with E-state index in [1.807, 2.05) is 85.4 Å². The minimum atomic E-state index is 0.00660. The van der Waals surface area contributed by atoms with Crippen LogP contribution in [-0.2, 0) is 16.0 Å². The van der Waals surface area contributed by atoms with Crippen molar-refractivity contribution in [2.45, 2.75) is 33.6 Å². The molecular weight excluding hydrogens is 446 g/mol. The van der Waals surface area contributed by atoms with Gasteiger partial charge in [-0.15, -0.1) is 0 Å². The molecule has 5 nitrogen and oxygen atoms in total. The maximum Gasteiger partial charge on any atom is 0.228 e. The number of hydrogen-bond donors (Lipinski definition) is 1. The highest BCUT2D eigenvalue weighted by molar-refractivity contribution is 6.28. The molecule has 0 aliphatic carbocycles. The minimum absolute atomic E-state index is 0.00660. The molecule has 0 radical (unpaired) electrons. The largest absolute Gasteiger partial charge is 0.354 e. The van der Waals surface area contributed by atoms with Crippen LogP contribution in [0.5, 0.6) is 0 Å². The van der Waals surface area contributed by atoms with Crippen LogP contribution in [0.15, 0.2) is 66.7 Å². The van der Waals surface area contributed by atoms with E-state index in [2.05, 4.69) is 24.4 Å². The zero-order valence-corrected chi connectivity index (χ0v) is 21.9. The van der Waals surface area contributed by atoms with E-state index in [9.17, 15) is 9.59 Å². The molecule has 0 aromatic heterocycles. The first kappa shape index (κ1) is 25.4. The van der Waals surface area contributed by atoms with Crippen LogP contribution in [0.4, 0.5) is 11.4 Å². The third-order valence-electron chi connectivity index (χ3n) is 6.63. The van der Waals surface area contributed by atoms with Gasteiger partial charge in [0.15, 0.2) is 5.78 Å². The summed E-state index contributed by atoms with van der Waals surface area (Å²) < 4.78 is 0. The van der Waals surface area contributed by atoms with Crippen molar-refractivity contribution in [2.75, 3.05) is 37.4 Å². The summed E-state index contributed by atoms with van der Waals surface area (Å²) in [5.41, 5.74) is 8.58. The van der Waals surface area contributed by atoms with Gasteiger partial charge in [0.2, 0.25) is 5.91 Å². The second kappa shape index (κ2) is 10.9. The molecule has 0 fully saturated rings. The number of carbonyl (C=O) groups excluding carboxylic acids is 2. The van der Waals surface area contributed by atoms with Crippen molar-refractivity contribution in [1.29, 1.82) is 0 Å². The van der Waals surface area contributed by atoms with Crippen molar-refractivity contribution in [3.8, 4) is 0 Å². The van der Waals surface area contributed by atoms with Gasteiger partial charge < -0.3 is 15.1 Å². The Morgan fingerprint density at radius 2 is 1.72 bits per heavy atom. The molecule has 36 heavy (non-hydrogen) atoms. The van der Waals surface area contributed by atoms with Gasteiger partial charge >= 0.3 is 0 Å². The normalized spacial score (nSPS) is 13.4. The highest BCUT2D eigenvalue weighted by Crippen LogP contribution is 2.35. The van der Waals surface area contributed by atoms with Gasteiger partial charge in [0, 0.05) is 36.5 Å². The first-order valence-electron chi connectivity index (χ1n) is 12.5. The average Bonchev–Trinajstić information content (AvgIpc) is 3.27. The molecule has 4 rings (SSSR count). The van der Waals surface area contributed by atoms with Gasteiger partial charge in [0.1, 0.15) is 0 Å². The molecule has 0 unspecified atom stereocenters. The van der Waals surface area contributed by atoms with Gasteiger partial charge in [-0.05, 0) is 81.7 Å². The van der Waals surface area contributed by atoms with Gasteiger partial charge in [0.05, 0.1) is 5.70 Å². The number of benzene rings is 3. The molecule has 1 aliphatic rings. The number of allylic oxidation sites excluding steroid dienone is 1. The predicted octanol–water partition coefficient (Wildman–Crippen LogP) is 5.71. The Labute approximate surface area is 214 Å². The number of hydrogen-bond acceptors (Lipinski definition) is 4. The van der Waals surface area contributed by atoms with E-state index in [0.29, 0.717) is 18.5 Å². The van der Waals surface area contributed by atoms with Crippen LogP contribution in [0.25, 0.3) is 11.3 Å². The molecule has 0 bridgehead atoms. The van der Waals surface area contributed by atoms with Gasteiger partial charge in [-0.3, -0.25) is 9.59 Å². The van der Waals surface area contributed by atoms with Crippen LogP contribution in [-0.4, -0.2) is 43.8 Å². The highest BCUT2D eigenvalue weighted by atomic mass is 16.2. The van der Waals surface area contributed by atoms with Crippen LogP contribution in [0, 0.1) is 13.8 Å². The Kier molecular flexibility index (Phi) is 7.70. The molecule has 1 amide bonds. The van der Waals surface area contributed by atoms with Crippen LogP contribution < -0.4 is 10.2 Å². The summed E-state index contributed by atoms with van der Waals surface area (Å²) in [5, 5.41) is 3.58. The quantitative estimate of drug-likeness (QED) is 0.331. The van der Waals surface area contributed by atoms with Crippen molar-refractivity contribution in [3.63, 3.8) is 0 Å². The molecule has 0 saturated carbocycles. The predicted molar refractivity (Wildman–Crippen MR) is 149 cm³/mol. The zero-order chi connectivity index (χ0) is 25.8. The van der Waals surface area contributed by atoms with E-state index in [1.165, 1.54) is 0 Å². The number of aryl methyl sites for hydroxylation is 2. The summed E-state index contributed by atoms with van der Waals surface area (Å²) in [6.07, 6.45) is 1.32. The molecule has 3 aromatic carbocycles. The molecule has 0 atom stereocenters. The van der Waals surface area contributed by atoms with Crippen molar-refractivity contribution < 1.29 is 9.59 Å². The third-order valence-corrected chi connectivity index (χ3v) is 6.63. The van der Waals surface area contributed by atoms with Crippen LogP contribution in [0.2, 0.25) is 0 Å². The van der Waals surface area contributed by atoms with Crippen molar-refractivity contribution in [2.24, 2.45) is 0 Å². The smallest absolute Gasteiger partial charge is 0.228 e. The summed E-state index contributed by atoms with van der Waals surface area (Å²) in [6.45, 7) is 7.17. The fourth-order valence-corrected chi connectivity index (χ4v) is 4.82. The van der Waals surface area contributed by atoms with E-state index >= 15 is 0 Å². The number of anilines is 2. The average molecular weight is 482 g/mol. The van der Waals surface area contributed by atoms with Gasteiger partial charge in [-0.25, -0.2) is 0 Å². The highest BCUT2D eigenvalue weighted by Gasteiger charge is 2.25. The monoisotopic (exact) mass is 481 g/mol. The Morgan fingerprint density at radius 3 is 2.39 bits per heavy atom. The molecule has 0 spiro atoms. The SMILES string of the molecule is CC(=O)/C(=C(\Nc1ccc2c(c1)CCN2C(=O)CCN(C)C)c1ccccc1)c1ccc(C)cc1C. The second-order valence-electron chi connectivity index (χ2n) is 9.81. The number of Topliss-reactive ketones (excluding diaryl/α,β-unsaturated/α-hetero) is 1. The number of carbonyl (C=O) groups is 2. The molecule has 5 heteroatoms. The summed E-state index contributed by atoms with van der Waals surface area (Å²) in [5.74, 6) is 0.161. The second-order valence-corrected chi connectivity index (χ2v) is 9.81. The maximum atomic E-state index is 13.1. The van der Waals surface area contributed by atoms with Gasteiger partial charge in [-0.1, -0.05) is 54.1 Å². The summed E-state index contributed by atoms with van der Waals surface area (Å²) in [4.78, 5) is 29.8. The lowest BCUT2D eigenvalue weighted by atomic mass is 9.92. The van der Waals surface area contributed by atoms with Gasteiger partial charge in [0.25, 0.3) is 0 Å². The number of ketones is 1. The molecular formula is C31H35N3O2. The Morgan fingerprint density at radius 1 is 0.972 bits per heavy atom. The minimum Gasteiger partial charge on any atom is -0.354 e. The van der Waals surface area contributed by atoms with Crippen LogP contribution >= 0.6 is 0 Å². The van der Waals surface area contributed by atoms with Crippen molar-refractivity contribution >= 4 is 34.3 Å². The Hall–Kier alpha value is -3.70. The van der Waals surface area contributed by atoms with E-state index < -0.39 is 0 Å². The first-order valence-corrected chi connectivity index (χ1v) is 12.5. The zero-order valence-electron chi connectivity index (χ0n) is 21.9. The number of rotatable bonds is 8. The Bertz CT molecular complexity index is 1310. The summed E-state index contributed by atoms with van der Waals surface area (Å²) in [6, 6.07) is 22.3. The molecule has 0 saturated heterocycles. The standard InChI is InChI=1S/C31H35N3O2/c1-21-11-13-27(22(2)19-21)30(23(3)35)31(24-9-7-6-8-10-24)32-26-12-14-28-25(20-26)15-18-34(28)29(36)16-17-33(4)5/h6-14,19-20,32H,15-18H2,1-5H3/b31-30+. The van der Waals surface area contributed by atoms with Gasteiger partial charge in [-0.2, -0.15) is 0 Å². The van der Waals surface area contributed by atoms with Crippen LogP contribution in [0.1, 0.15) is 41.2 Å². The van der Waals surface area contributed by atoms with E-state index in [0.717, 1.165) is 57.9 Å². The number of nitrogens with one attached hydrogen (secondary N) is 1. The number of amides is 1. The fourth-order valence-electron chi connectivity index (χ4n) is 4.82. The molecule has 1 aliphatic heterocycles. The van der Waals surface area contributed by atoms with E-state index in [-0.39, 0.29) is 11.7 Å².